The van der Waals surface area contributed by atoms with E-state index in [1.54, 1.807) is 18.2 Å². The van der Waals surface area contributed by atoms with Gasteiger partial charge in [0.15, 0.2) is 0 Å². The first kappa shape index (κ1) is 21.1. The van der Waals surface area contributed by atoms with Crippen LogP contribution in [0, 0.1) is 5.82 Å². The van der Waals surface area contributed by atoms with Crippen molar-refractivity contribution in [3.05, 3.63) is 78.1 Å². The number of amides is 1. The molecule has 1 amide bonds. The van der Waals surface area contributed by atoms with Gasteiger partial charge >= 0.3 is 0 Å². The van der Waals surface area contributed by atoms with E-state index in [1.165, 1.54) is 62.8 Å². The Balaban J connectivity index is 1.77. The van der Waals surface area contributed by atoms with E-state index in [0.717, 1.165) is 0 Å². The van der Waals surface area contributed by atoms with Crippen molar-refractivity contribution in [1.82, 2.24) is 0 Å². The van der Waals surface area contributed by atoms with Crippen molar-refractivity contribution < 1.29 is 27.1 Å². The number of sulfonamides is 1. The third kappa shape index (κ3) is 4.69. The summed E-state index contributed by atoms with van der Waals surface area (Å²) in [4.78, 5) is 12.2. The smallest absolute Gasteiger partial charge is 0.262 e. The van der Waals surface area contributed by atoms with Crippen LogP contribution in [-0.2, 0) is 10.0 Å². The Morgan fingerprint density at radius 1 is 0.933 bits per heavy atom. The van der Waals surface area contributed by atoms with Gasteiger partial charge in [0.2, 0.25) is 0 Å². The number of methoxy groups -OCH3 is 2. The maximum absolute atomic E-state index is 13.7. The Labute approximate surface area is 173 Å². The average Bonchev–Trinajstić information content (AvgIpc) is 2.74. The molecule has 0 aliphatic heterocycles. The fourth-order valence-electron chi connectivity index (χ4n) is 2.65. The minimum absolute atomic E-state index is 0.0238. The average molecular weight is 430 g/mol. The predicted molar refractivity (Wildman–Crippen MR) is 111 cm³/mol. The zero-order valence-electron chi connectivity index (χ0n) is 16.2. The molecular weight excluding hydrogens is 411 g/mol. The van der Waals surface area contributed by atoms with E-state index in [9.17, 15) is 17.6 Å². The second kappa shape index (κ2) is 8.83. The van der Waals surface area contributed by atoms with Crippen LogP contribution in [0.3, 0.4) is 0 Å². The van der Waals surface area contributed by atoms with E-state index >= 15 is 0 Å². The summed E-state index contributed by atoms with van der Waals surface area (Å²) in [5, 5.41) is 2.53. The molecule has 156 valence electrons. The minimum atomic E-state index is -3.91. The molecule has 0 saturated heterocycles. The highest BCUT2D eigenvalue weighted by Crippen LogP contribution is 2.31. The van der Waals surface area contributed by atoms with Gasteiger partial charge in [-0.15, -0.1) is 0 Å². The lowest BCUT2D eigenvalue weighted by Crippen LogP contribution is -2.15. The van der Waals surface area contributed by atoms with Gasteiger partial charge in [-0.1, -0.05) is 12.1 Å². The molecule has 3 aromatic carbocycles. The van der Waals surface area contributed by atoms with Crippen LogP contribution in [0.25, 0.3) is 0 Å². The Morgan fingerprint density at radius 2 is 1.63 bits per heavy atom. The molecule has 0 aliphatic carbocycles. The SMILES string of the molecule is COc1ccc(NS(=O)(=O)c2ccc(NC(=O)c3ccccc3F)cc2)c(OC)c1. The summed E-state index contributed by atoms with van der Waals surface area (Å²) in [6.07, 6.45) is 0. The molecule has 30 heavy (non-hydrogen) atoms. The van der Waals surface area contributed by atoms with Crippen LogP contribution in [0.2, 0.25) is 0 Å². The summed E-state index contributed by atoms with van der Waals surface area (Å²) in [7, 11) is -1.01. The summed E-state index contributed by atoms with van der Waals surface area (Å²) in [5.41, 5.74) is 0.460. The summed E-state index contributed by atoms with van der Waals surface area (Å²) in [6.45, 7) is 0. The van der Waals surface area contributed by atoms with E-state index < -0.39 is 21.7 Å². The molecule has 2 N–H and O–H groups in total. The molecule has 9 heteroatoms. The number of carbonyl (C=O) groups excluding carboxylic acids is 1. The van der Waals surface area contributed by atoms with E-state index in [2.05, 4.69) is 10.0 Å². The van der Waals surface area contributed by atoms with Gasteiger partial charge < -0.3 is 14.8 Å². The molecule has 0 unspecified atom stereocenters. The third-order valence-corrected chi connectivity index (χ3v) is 5.58. The topological polar surface area (TPSA) is 93.7 Å². The predicted octanol–water partition coefficient (Wildman–Crippen LogP) is 3.90. The number of carbonyl (C=O) groups is 1. The van der Waals surface area contributed by atoms with Crippen molar-refractivity contribution in [3.8, 4) is 11.5 Å². The molecule has 0 heterocycles. The van der Waals surface area contributed by atoms with Gasteiger partial charge in [-0.05, 0) is 48.5 Å². The molecule has 0 fully saturated rings. The van der Waals surface area contributed by atoms with Crippen LogP contribution in [0.1, 0.15) is 10.4 Å². The number of rotatable bonds is 7. The van der Waals surface area contributed by atoms with E-state index in [4.69, 9.17) is 9.47 Å². The maximum Gasteiger partial charge on any atom is 0.262 e. The highest BCUT2D eigenvalue weighted by molar-refractivity contribution is 7.92. The standard InChI is InChI=1S/C21H19FN2O5S/c1-28-15-9-12-19(20(13-15)29-2)24-30(26,27)16-10-7-14(8-11-16)23-21(25)17-5-3-4-6-18(17)22/h3-13,24H,1-2H3,(H,23,25). The number of halogens is 1. The third-order valence-electron chi connectivity index (χ3n) is 4.19. The largest absolute Gasteiger partial charge is 0.497 e. The van der Waals surface area contributed by atoms with Crippen LogP contribution < -0.4 is 19.5 Å². The van der Waals surface area contributed by atoms with Crippen LogP contribution in [0.5, 0.6) is 11.5 Å². The van der Waals surface area contributed by atoms with Crippen LogP contribution >= 0.6 is 0 Å². The van der Waals surface area contributed by atoms with Gasteiger partial charge in [-0.3, -0.25) is 9.52 Å². The first-order valence-electron chi connectivity index (χ1n) is 8.75. The van der Waals surface area contributed by atoms with E-state index in [1.807, 2.05) is 0 Å². The van der Waals surface area contributed by atoms with Crippen molar-refractivity contribution in [3.63, 3.8) is 0 Å². The van der Waals surface area contributed by atoms with Gasteiger partial charge in [-0.2, -0.15) is 0 Å². The molecule has 0 spiro atoms. The first-order valence-corrected chi connectivity index (χ1v) is 10.2. The Bertz CT molecular complexity index is 1160. The fourth-order valence-corrected chi connectivity index (χ4v) is 3.72. The van der Waals surface area contributed by atoms with Gasteiger partial charge in [0, 0.05) is 11.8 Å². The lowest BCUT2D eigenvalue weighted by Gasteiger charge is -2.13. The number of nitrogens with one attached hydrogen (secondary N) is 2. The van der Waals surface area contributed by atoms with E-state index in [0.29, 0.717) is 17.2 Å². The lowest BCUT2D eigenvalue weighted by atomic mass is 10.2. The van der Waals surface area contributed by atoms with Crippen molar-refractivity contribution in [1.29, 1.82) is 0 Å². The van der Waals surface area contributed by atoms with Crippen LogP contribution in [0.4, 0.5) is 15.8 Å². The molecule has 3 rings (SSSR count). The summed E-state index contributed by atoms with van der Waals surface area (Å²) in [6, 6.07) is 15.7. The number of benzene rings is 3. The Kier molecular flexibility index (Phi) is 6.22. The van der Waals surface area contributed by atoms with Gasteiger partial charge in [-0.25, -0.2) is 12.8 Å². The Morgan fingerprint density at radius 3 is 2.27 bits per heavy atom. The number of hydrogen-bond donors (Lipinski definition) is 2. The summed E-state index contributed by atoms with van der Waals surface area (Å²) in [5.74, 6) is -0.465. The highest BCUT2D eigenvalue weighted by Gasteiger charge is 2.18. The zero-order valence-corrected chi connectivity index (χ0v) is 17.0. The summed E-state index contributed by atoms with van der Waals surface area (Å²) >= 11 is 0. The molecule has 3 aromatic rings. The zero-order chi connectivity index (χ0) is 21.7. The number of hydrogen-bond acceptors (Lipinski definition) is 5. The normalized spacial score (nSPS) is 10.9. The summed E-state index contributed by atoms with van der Waals surface area (Å²) < 4.78 is 51.8. The second-order valence-corrected chi connectivity index (χ2v) is 7.81. The second-order valence-electron chi connectivity index (χ2n) is 6.13. The van der Waals surface area contributed by atoms with Crippen molar-refractivity contribution in [2.45, 2.75) is 4.90 Å². The number of ether oxygens (including phenoxy) is 2. The molecular formula is C21H19FN2O5S. The minimum Gasteiger partial charge on any atom is -0.497 e. The highest BCUT2D eigenvalue weighted by atomic mass is 32.2. The molecule has 0 atom stereocenters. The van der Waals surface area contributed by atoms with Crippen LogP contribution in [0.15, 0.2) is 71.6 Å². The van der Waals surface area contributed by atoms with Crippen molar-refractivity contribution >= 4 is 27.3 Å². The molecule has 0 aliphatic rings. The monoisotopic (exact) mass is 430 g/mol. The van der Waals surface area contributed by atoms with Gasteiger partial charge in [0.25, 0.3) is 15.9 Å². The molecule has 0 bridgehead atoms. The fraction of sp³-hybridized carbons (Fsp3) is 0.0952. The number of anilines is 2. The maximum atomic E-state index is 13.7. The van der Waals surface area contributed by atoms with E-state index in [-0.39, 0.29) is 16.1 Å². The molecule has 7 nitrogen and oxygen atoms in total. The van der Waals surface area contributed by atoms with Crippen molar-refractivity contribution in [2.75, 3.05) is 24.3 Å². The van der Waals surface area contributed by atoms with Gasteiger partial charge in [0.1, 0.15) is 17.3 Å². The Hall–Kier alpha value is -3.59. The van der Waals surface area contributed by atoms with Gasteiger partial charge in [0.05, 0.1) is 30.4 Å². The molecule has 0 aromatic heterocycles. The van der Waals surface area contributed by atoms with Crippen LogP contribution in [-0.4, -0.2) is 28.5 Å². The first-order chi connectivity index (χ1) is 14.3. The quantitative estimate of drug-likeness (QED) is 0.593. The lowest BCUT2D eigenvalue weighted by molar-refractivity contribution is 0.102. The van der Waals surface area contributed by atoms with Crippen molar-refractivity contribution in [2.24, 2.45) is 0 Å². The molecule has 0 saturated carbocycles. The molecule has 0 radical (unpaired) electrons.